The molecule has 4 rings (SSSR count). The Bertz CT molecular complexity index is 1030. The number of tetrazole rings is 1. The number of benzene rings is 2. The van der Waals surface area contributed by atoms with Gasteiger partial charge in [-0.3, -0.25) is 4.90 Å². The Hall–Kier alpha value is -2.57. The number of nitrogens with zero attached hydrogens (tertiary/aromatic N) is 5. The van der Waals surface area contributed by atoms with E-state index in [4.69, 9.17) is 11.6 Å². The molecule has 0 N–H and O–H groups in total. The Labute approximate surface area is 181 Å². The highest BCUT2D eigenvalue weighted by Gasteiger charge is 2.32. The molecule has 3 aromatic rings. The lowest BCUT2D eigenvalue weighted by Crippen LogP contribution is -2.37. The molecule has 0 bridgehead atoms. The third-order valence-electron chi connectivity index (χ3n) is 5.38. The second kappa shape index (κ2) is 8.28. The Morgan fingerprint density at radius 3 is 2.33 bits per heavy atom. The number of hydrogen-bond acceptors (Lipinski definition) is 4. The molecule has 30 heavy (non-hydrogen) atoms. The topological polar surface area (TPSA) is 46.8 Å². The highest BCUT2D eigenvalue weighted by Crippen LogP contribution is 2.33. The molecule has 0 unspecified atom stereocenters. The van der Waals surface area contributed by atoms with E-state index in [-0.39, 0.29) is 17.4 Å². The Morgan fingerprint density at radius 2 is 1.73 bits per heavy atom. The predicted molar refractivity (Wildman–Crippen MR) is 117 cm³/mol. The van der Waals surface area contributed by atoms with Crippen LogP contribution in [0.4, 0.5) is 4.39 Å². The molecule has 1 aromatic heterocycles. The van der Waals surface area contributed by atoms with Crippen LogP contribution in [0.3, 0.4) is 0 Å². The lowest BCUT2D eigenvalue weighted by molar-refractivity contribution is 0.220. The van der Waals surface area contributed by atoms with Gasteiger partial charge in [0.25, 0.3) is 0 Å². The molecule has 0 aliphatic carbocycles. The van der Waals surface area contributed by atoms with E-state index in [2.05, 4.69) is 47.3 Å². The molecule has 0 amide bonds. The van der Waals surface area contributed by atoms with Crippen LogP contribution in [0.5, 0.6) is 0 Å². The summed E-state index contributed by atoms with van der Waals surface area (Å²) in [5.74, 6) is 0.594. The zero-order valence-corrected chi connectivity index (χ0v) is 18.1. The summed E-state index contributed by atoms with van der Waals surface area (Å²) < 4.78 is 15.2. The van der Waals surface area contributed by atoms with E-state index in [9.17, 15) is 4.39 Å². The van der Waals surface area contributed by atoms with Gasteiger partial charge in [0.05, 0.1) is 11.6 Å². The molecule has 2 heterocycles. The fraction of sp³-hybridized carbons (Fsp3) is 0.348. The van der Waals surface area contributed by atoms with Crippen molar-refractivity contribution in [1.29, 1.82) is 0 Å². The van der Waals surface area contributed by atoms with Crippen LogP contribution in [0.2, 0.25) is 5.02 Å². The van der Waals surface area contributed by atoms with E-state index in [1.54, 1.807) is 0 Å². The van der Waals surface area contributed by atoms with Gasteiger partial charge in [0.2, 0.25) is 0 Å². The van der Waals surface area contributed by atoms with Gasteiger partial charge in [-0.1, -0.05) is 41.9 Å². The van der Waals surface area contributed by atoms with Crippen LogP contribution in [-0.2, 0) is 5.54 Å². The largest absolute Gasteiger partial charge is 0.286 e. The average molecular weight is 426 g/mol. The lowest BCUT2D eigenvalue weighted by atomic mass is 9.96. The molecule has 5 nitrogen and oxygen atoms in total. The maximum atomic E-state index is 13.3. The first-order valence-corrected chi connectivity index (χ1v) is 10.4. The summed E-state index contributed by atoms with van der Waals surface area (Å²) in [4.78, 5) is 2.37. The molecule has 0 spiro atoms. The van der Waals surface area contributed by atoms with Gasteiger partial charge in [0.1, 0.15) is 5.82 Å². The fourth-order valence-corrected chi connectivity index (χ4v) is 3.98. The molecule has 7 heteroatoms. The van der Waals surface area contributed by atoms with Crippen LogP contribution >= 0.6 is 11.6 Å². The highest BCUT2D eigenvalue weighted by atomic mass is 35.5. The summed E-state index contributed by atoms with van der Waals surface area (Å²) in [6, 6.07) is 14.5. The second-order valence-corrected chi connectivity index (χ2v) is 8.99. The second-order valence-electron chi connectivity index (χ2n) is 8.55. The van der Waals surface area contributed by atoms with Crippen LogP contribution < -0.4 is 0 Å². The maximum Gasteiger partial charge on any atom is 0.173 e. The first-order chi connectivity index (χ1) is 14.3. The van der Waals surface area contributed by atoms with Gasteiger partial charge in [-0.15, -0.1) is 5.10 Å². The fourth-order valence-electron chi connectivity index (χ4n) is 3.86. The molecule has 0 saturated carbocycles. The Balaban J connectivity index is 1.68. The van der Waals surface area contributed by atoms with Crippen molar-refractivity contribution in [3.05, 3.63) is 82.4 Å². The summed E-state index contributed by atoms with van der Waals surface area (Å²) >= 11 is 6.13. The van der Waals surface area contributed by atoms with Crippen LogP contribution in [0.25, 0.3) is 5.57 Å². The summed E-state index contributed by atoms with van der Waals surface area (Å²) in [6.07, 6.45) is 3.08. The molecule has 0 saturated heterocycles. The van der Waals surface area contributed by atoms with Crippen LogP contribution in [-0.4, -0.2) is 38.2 Å². The normalized spacial score (nSPS) is 16.4. The zero-order chi connectivity index (χ0) is 21.3. The summed E-state index contributed by atoms with van der Waals surface area (Å²) in [7, 11) is 0. The Kier molecular flexibility index (Phi) is 5.71. The van der Waals surface area contributed by atoms with E-state index >= 15 is 0 Å². The number of hydrogen-bond donors (Lipinski definition) is 0. The van der Waals surface area contributed by atoms with Crippen molar-refractivity contribution in [2.45, 2.75) is 38.8 Å². The maximum absolute atomic E-state index is 13.3. The van der Waals surface area contributed by atoms with Gasteiger partial charge < -0.3 is 0 Å². The molecule has 2 aromatic carbocycles. The number of aromatic nitrogens is 4. The van der Waals surface area contributed by atoms with Crippen molar-refractivity contribution in [2.24, 2.45) is 0 Å². The van der Waals surface area contributed by atoms with E-state index < -0.39 is 0 Å². The monoisotopic (exact) mass is 425 g/mol. The SMILES string of the molecule is CC(C)(C)n1nnnc1[C@@H](c1ccc(Cl)cc1)N1CC=C(c2ccc(F)cc2)CC1. The molecule has 0 radical (unpaired) electrons. The molecular formula is C23H25ClFN5. The highest BCUT2D eigenvalue weighted by molar-refractivity contribution is 6.30. The van der Waals surface area contributed by atoms with Gasteiger partial charge in [-0.05, 0) is 78.6 Å². The third kappa shape index (κ3) is 4.30. The number of rotatable bonds is 4. The summed E-state index contributed by atoms with van der Waals surface area (Å²) in [5, 5.41) is 13.4. The minimum atomic E-state index is -0.242. The smallest absolute Gasteiger partial charge is 0.173 e. The molecule has 156 valence electrons. The standard InChI is InChI=1S/C23H25ClFN5/c1-23(2,3)30-22(26-27-28-30)21(18-4-8-19(24)9-5-18)29-14-12-17(13-15-29)16-6-10-20(25)11-7-16/h4-12,21H,13-15H2,1-3H3/t21-/m1/s1. The van der Waals surface area contributed by atoms with Crippen molar-refractivity contribution < 1.29 is 4.39 Å². The minimum absolute atomic E-state index is 0.0949. The van der Waals surface area contributed by atoms with Crippen molar-refractivity contribution >= 4 is 17.2 Å². The molecule has 1 aliphatic heterocycles. The summed E-state index contributed by atoms with van der Waals surface area (Å²) in [6.45, 7) is 7.86. The summed E-state index contributed by atoms with van der Waals surface area (Å²) in [5.41, 5.74) is 3.16. The zero-order valence-electron chi connectivity index (χ0n) is 17.4. The van der Waals surface area contributed by atoms with Crippen molar-refractivity contribution in [3.8, 4) is 0 Å². The van der Waals surface area contributed by atoms with Gasteiger partial charge in [-0.2, -0.15) is 0 Å². The molecule has 1 atom stereocenters. The van der Waals surface area contributed by atoms with E-state index in [0.717, 1.165) is 36.5 Å². The van der Waals surface area contributed by atoms with Gasteiger partial charge in [0, 0.05) is 18.1 Å². The van der Waals surface area contributed by atoms with Crippen molar-refractivity contribution in [2.75, 3.05) is 13.1 Å². The lowest BCUT2D eigenvalue weighted by Gasteiger charge is -2.35. The van der Waals surface area contributed by atoms with Crippen molar-refractivity contribution in [1.82, 2.24) is 25.1 Å². The minimum Gasteiger partial charge on any atom is -0.286 e. The predicted octanol–water partition coefficient (Wildman–Crippen LogP) is 5.10. The molecule has 0 fully saturated rings. The van der Waals surface area contributed by atoms with Gasteiger partial charge in [-0.25, -0.2) is 9.07 Å². The van der Waals surface area contributed by atoms with Crippen LogP contribution in [0.15, 0.2) is 54.6 Å². The quantitative estimate of drug-likeness (QED) is 0.583. The molecule has 1 aliphatic rings. The first-order valence-electron chi connectivity index (χ1n) is 10.1. The Morgan fingerprint density at radius 1 is 1.03 bits per heavy atom. The first kappa shape index (κ1) is 20.7. The van der Waals surface area contributed by atoms with E-state index in [1.807, 2.05) is 41.1 Å². The van der Waals surface area contributed by atoms with E-state index in [1.165, 1.54) is 17.7 Å². The van der Waals surface area contributed by atoms with Crippen LogP contribution in [0.1, 0.15) is 50.2 Å². The molecular weight excluding hydrogens is 401 g/mol. The third-order valence-corrected chi connectivity index (χ3v) is 5.63. The number of halogens is 2. The van der Waals surface area contributed by atoms with E-state index in [0.29, 0.717) is 5.02 Å². The van der Waals surface area contributed by atoms with Crippen LogP contribution in [0, 0.1) is 5.82 Å². The van der Waals surface area contributed by atoms with Crippen molar-refractivity contribution in [3.63, 3.8) is 0 Å². The van der Waals surface area contributed by atoms with Gasteiger partial charge in [0.15, 0.2) is 5.82 Å². The average Bonchev–Trinajstić information content (AvgIpc) is 3.21. The van der Waals surface area contributed by atoms with Gasteiger partial charge >= 0.3 is 0 Å².